The molecule has 0 spiro atoms. The van der Waals surface area contributed by atoms with Crippen LogP contribution in [0.1, 0.15) is 17.9 Å². The maximum atomic E-state index is 12.4. The van der Waals surface area contributed by atoms with Crippen LogP contribution in [0.5, 0.6) is 0 Å². The molecule has 2 aromatic rings. The molecule has 0 aliphatic carbocycles. The van der Waals surface area contributed by atoms with Gasteiger partial charge in [0.1, 0.15) is 11.5 Å². The number of hydrogen-bond acceptors (Lipinski definition) is 3. The summed E-state index contributed by atoms with van der Waals surface area (Å²) in [5, 5.41) is 3.91. The molecule has 0 unspecified atom stereocenters. The lowest BCUT2D eigenvalue weighted by Gasteiger charge is -1.89. The minimum atomic E-state index is -2.61. The molecule has 0 aromatic carbocycles. The highest BCUT2D eigenvalue weighted by atomic mass is 19.3. The lowest BCUT2D eigenvalue weighted by molar-refractivity contribution is 0.145. The molecule has 0 atom stereocenters. The van der Waals surface area contributed by atoms with Crippen molar-refractivity contribution in [3.05, 3.63) is 23.8 Å². The fraction of sp³-hybridized carbons (Fsp3) is 0.333. The van der Waals surface area contributed by atoms with Crippen LogP contribution in [0.15, 0.2) is 16.8 Å². The molecule has 80 valence electrons. The van der Waals surface area contributed by atoms with Crippen LogP contribution in [0.25, 0.3) is 11.5 Å². The standard InChI is InChI=1S/C9H9F2N3O/c1-5-7(8(10)11)13-9(15-5)6-3-12-14(2)4-6/h3-4,8H,1-2H3. The number of oxazole rings is 1. The Morgan fingerprint density at radius 1 is 1.47 bits per heavy atom. The number of hydrogen-bond donors (Lipinski definition) is 0. The summed E-state index contributed by atoms with van der Waals surface area (Å²) in [7, 11) is 1.73. The van der Waals surface area contributed by atoms with Gasteiger partial charge in [-0.1, -0.05) is 0 Å². The highest BCUT2D eigenvalue weighted by Gasteiger charge is 2.19. The third kappa shape index (κ3) is 1.74. The average molecular weight is 213 g/mol. The van der Waals surface area contributed by atoms with E-state index >= 15 is 0 Å². The second-order valence-corrected chi connectivity index (χ2v) is 3.16. The molecule has 2 rings (SSSR count). The van der Waals surface area contributed by atoms with Gasteiger partial charge in [0.2, 0.25) is 5.89 Å². The van der Waals surface area contributed by atoms with E-state index in [-0.39, 0.29) is 17.3 Å². The van der Waals surface area contributed by atoms with Crippen LogP contribution in [0.2, 0.25) is 0 Å². The van der Waals surface area contributed by atoms with Crippen molar-refractivity contribution >= 4 is 0 Å². The van der Waals surface area contributed by atoms with Gasteiger partial charge in [-0.25, -0.2) is 13.8 Å². The van der Waals surface area contributed by atoms with Gasteiger partial charge in [-0.2, -0.15) is 5.10 Å². The molecule has 0 aliphatic heterocycles. The first-order chi connectivity index (χ1) is 7.08. The SMILES string of the molecule is Cc1oc(-c2cnn(C)c2)nc1C(F)F. The molecule has 0 saturated heterocycles. The number of alkyl halides is 2. The molecule has 0 aliphatic rings. The Balaban J connectivity index is 2.42. The van der Waals surface area contributed by atoms with Crippen LogP contribution >= 0.6 is 0 Å². The zero-order chi connectivity index (χ0) is 11.0. The summed E-state index contributed by atoms with van der Waals surface area (Å²) >= 11 is 0. The van der Waals surface area contributed by atoms with Crippen molar-refractivity contribution in [2.24, 2.45) is 7.05 Å². The first-order valence-electron chi connectivity index (χ1n) is 4.32. The van der Waals surface area contributed by atoms with E-state index in [4.69, 9.17) is 4.42 Å². The van der Waals surface area contributed by atoms with E-state index in [0.29, 0.717) is 5.56 Å². The van der Waals surface area contributed by atoms with Crippen molar-refractivity contribution in [2.75, 3.05) is 0 Å². The normalized spacial score (nSPS) is 11.3. The molecular weight excluding hydrogens is 204 g/mol. The Morgan fingerprint density at radius 3 is 2.67 bits per heavy atom. The van der Waals surface area contributed by atoms with E-state index < -0.39 is 6.43 Å². The van der Waals surface area contributed by atoms with E-state index in [9.17, 15) is 8.78 Å². The highest BCUT2D eigenvalue weighted by molar-refractivity contribution is 5.50. The maximum absolute atomic E-state index is 12.4. The van der Waals surface area contributed by atoms with Gasteiger partial charge in [-0.05, 0) is 6.92 Å². The number of halogens is 2. The van der Waals surface area contributed by atoms with Gasteiger partial charge >= 0.3 is 0 Å². The third-order valence-corrected chi connectivity index (χ3v) is 1.99. The van der Waals surface area contributed by atoms with E-state index in [1.807, 2.05) is 0 Å². The molecule has 0 amide bonds. The van der Waals surface area contributed by atoms with Crippen molar-refractivity contribution in [3.8, 4) is 11.5 Å². The Morgan fingerprint density at radius 2 is 2.20 bits per heavy atom. The van der Waals surface area contributed by atoms with E-state index in [1.165, 1.54) is 13.1 Å². The molecule has 6 heteroatoms. The summed E-state index contributed by atoms with van der Waals surface area (Å²) < 4.78 is 31.5. The fourth-order valence-corrected chi connectivity index (χ4v) is 1.27. The molecule has 15 heavy (non-hydrogen) atoms. The molecule has 2 aromatic heterocycles. The summed E-state index contributed by atoms with van der Waals surface area (Å²) in [6.45, 7) is 1.47. The Kier molecular flexibility index (Phi) is 2.26. The van der Waals surface area contributed by atoms with Gasteiger partial charge in [0.15, 0.2) is 0 Å². The van der Waals surface area contributed by atoms with Crippen molar-refractivity contribution in [1.82, 2.24) is 14.8 Å². The molecule has 0 radical (unpaired) electrons. The zero-order valence-electron chi connectivity index (χ0n) is 8.24. The van der Waals surface area contributed by atoms with Crippen LogP contribution in [0.4, 0.5) is 8.78 Å². The third-order valence-electron chi connectivity index (χ3n) is 1.99. The summed E-state index contributed by atoms with van der Waals surface area (Å²) in [6, 6.07) is 0. The smallest absolute Gasteiger partial charge is 0.283 e. The van der Waals surface area contributed by atoms with Crippen molar-refractivity contribution in [1.29, 1.82) is 0 Å². The van der Waals surface area contributed by atoms with Crippen molar-refractivity contribution in [3.63, 3.8) is 0 Å². The lowest BCUT2D eigenvalue weighted by atomic mass is 10.3. The average Bonchev–Trinajstić information content (AvgIpc) is 2.71. The fourth-order valence-electron chi connectivity index (χ4n) is 1.27. The molecule has 0 N–H and O–H groups in total. The number of rotatable bonds is 2. The lowest BCUT2D eigenvalue weighted by Crippen LogP contribution is -1.86. The summed E-state index contributed by atoms with van der Waals surface area (Å²) in [6.07, 6.45) is 0.556. The van der Waals surface area contributed by atoms with Gasteiger partial charge in [0, 0.05) is 13.2 Å². The second kappa shape index (κ2) is 3.45. The van der Waals surface area contributed by atoms with Crippen LogP contribution in [0, 0.1) is 6.92 Å². The first kappa shape index (κ1) is 9.82. The van der Waals surface area contributed by atoms with E-state index in [1.54, 1.807) is 17.9 Å². The molecule has 0 bridgehead atoms. The molecule has 0 fully saturated rings. The summed E-state index contributed by atoms with van der Waals surface area (Å²) in [5.41, 5.74) is 0.279. The Labute approximate surface area is 84.5 Å². The van der Waals surface area contributed by atoms with Gasteiger partial charge < -0.3 is 4.42 Å². The van der Waals surface area contributed by atoms with Crippen molar-refractivity contribution < 1.29 is 13.2 Å². The van der Waals surface area contributed by atoms with Crippen LogP contribution < -0.4 is 0 Å². The summed E-state index contributed by atoms with van der Waals surface area (Å²) in [5.74, 6) is 0.319. The van der Waals surface area contributed by atoms with Crippen molar-refractivity contribution in [2.45, 2.75) is 13.3 Å². The van der Waals surface area contributed by atoms with Crippen LogP contribution in [-0.4, -0.2) is 14.8 Å². The second-order valence-electron chi connectivity index (χ2n) is 3.16. The quantitative estimate of drug-likeness (QED) is 0.768. The van der Waals surface area contributed by atoms with Gasteiger partial charge in [-0.3, -0.25) is 4.68 Å². The van der Waals surface area contributed by atoms with E-state index in [2.05, 4.69) is 10.1 Å². The minimum absolute atomic E-state index is 0.142. The molecule has 4 nitrogen and oxygen atoms in total. The largest absolute Gasteiger partial charge is 0.441 e. The monoisotopic (exact) mass is 213 g/mol. The van der Waals surface area contributed by atoms with Gasteiger partial charge in [-0.15, -0.1) is 0 Å². The maximum Gasteiger partial charge on any atom is 0.283 e. The number of aryl methyl sites for hydroxylation is 2. The number of nitrogens with zero attached hydrogens (tertiary/aromatic N) is 3. The Hall–Kier alpha value is -1.72. The Bertz CT molecular complexity index is 475. The number of aromatic nitrogens is 3. The van der Waals surface area contributed by atoms with Crippen LogP contribution in [-0.2, 0) is 7.05 Å². The molecule has 0 saturated carbocycles. The zero-order valence-corrected chi connectivity index (χ0v) is 8.24. The highest BCUT2D eigenvalue weighted by Crippen LogP contribution is 2.27. The minimum Gasteiger partial charge on any atom is -0.441 e. The van der Waals surface area contributed by atoms with E-state index in [0.717, 1.165) is 0 Å². The molecular formula is C9H9F2N3O. The topological polar surface area (TPSA) is 43.9 Å². The van der Waals surface area contributed by atoms with Crippen LogP contribution in [0.3, 0.4) is 0 Å². The first-order valence-corrected chi connectivity index (χ1v) is 4.32. The van der Waals surface area contributed by atoms with Gasteiger partial charge in [0.25, 0.3) is 6.43 Å². The predicted molar refractivity (Wildman–Crippen MR) is 48.4 cm³/mol. The van der Waals surface area contributed by atoms with Gasteiger partial charge in [0.05, 0.1) is 11.8 Å². The predicted octanol–water partition coefficient (Wildman–Crippen LogP) is 2.32. The summed E-state index contributed by atoms with van der Waals surface area (Å²) in [4.78, 5) is 3.72. The molecule has 2 heterocycles.